The van der Waals surface area contributed by atoms with E-state index in [2.05, 4.69) is 25.6 Å². The van der Waals surface area contributed by atoms with E-state index in [1.165, 1.54) is 18.2 Å². The standard InChI is InChI=1S/C19H19FN6O4S/c1-10-15(31-17(22-10)25-18(27)30-19(2,3)4)14-13(20)9-21-16(24-14)23-11-6-5-7-12(8-11)26(28)29/h5-9H,1-4H3,(H,21,23,24)(H,22,25,27). The van der Waals surface area contributed by atoms with Crippen LogP contribution < -0.4 is 10.6 Å². The molecule has 2 heterocycles. The number of carbonyl (C=O) groups excluding carboxylic acids is 1. The van der Waals surface area contributed by atoms with Crippen LogP contribution in [0, 0.1) is 22.9 Å². The number of aryl methyl sites for hydroxylation is 1. The van der Waals surface area contributed by atoms with E-state index < -0.39 is 22.4 Å². The van der Waals surface area contributed by atoms with Gasteiger partial charge in [0.2, 0.25) is 5.95 Å². The first kappa shape index (κ1) is 22.0. The molecule has 0 saturated carbocycles. The lowest BCUT2D eigenvalue weighted by atomic mass is 10.2. The summed E-state index contributed by atoms with van der Waals surface area (Å²) >= 11 is 1.03. The zero-order valence-electron chi connectivity index (χ0n) is 17.1. The maximum atomic E-state index is 14.5. The number of aromatic nitrogens is 3. The molecule has 0 fully saturated rings. The van der Waals surface area contributed by atoms with Crippen LogP contribution in [-0.4, -0.2) is 31.6 Å². The van der Waals surface area contributed by atoms with Gasteiger partial charge in [-0.3, -0.25) is 15.4 Å². The van der Waals surface area contributed by atoms with E-state index in [-0.39, 0.29) is 22.5 Å². The molecule has 12 heteroatoms. The monoisotopic (exact) mass is 446 g/mol. The van der Waals surface area contributed by atoms with Crippen molar-refractivity contribution < 1.29 is 18.8 Å². The second-order valence-electron chi connectivity index (χ2n) is 7.38. The number of anilines is 3. The van der Waals surface area contributed by atoms with E-state index in [0.717, 1.165) is 17.5 Å². The number of ether oxygens (including phenoxy) is 1. The number of rotatable bonds is 5. The van der Waals surface area contributed by atoms with Crippen molar-refractivity contribution in [2.24, 2.45) is 0 Å². The molecule has 0 bridgehead atoms. The normalized spacial score (nSPS) is 11.1. The summed E-state index contributed by atoms with van der Waals surface area (Å²) in [5.74, 6) is -0.633. The van der Waals surface area contributed by atoms with Gasteiger partial charge in [0, 0.05) is 17.8 Å². The molecule has 31 heavy (non-hydrogen) atoms. The number of halogens is 1. The van der Waals surface area contributed by atoms with Crippen LogP contribution in [0.2, 0.25) is 0 Å². The third kappa shape index (κ3) is 5.69. The Morgan fingerprint density at radius 2 is 2.03 bits per heavy atom. The van der Waals surface area contributed by atoms with Crippen LogP contribution in [0.1, 0.15) is 26.5 Å². The molecule has 0 aliphatic rings. The Morgan fingerprint density at radius 3 is 2.71 bits per heavy atom. The molecule has 2 N–H and O–H groups in total. The molecule has 0 aliphatic carbocycles. The number of hydrogen-bond acceptors (Lipinski definition) is 9. The lowest BCUT2D eigenvalue weighted by Gasteiger charge is -2.18. The molecule has 10 nitrogen and oxygen atoms in total. The van der Waals surface area contributed by atoms with Crippen molar-refractivity contribution >= 4 is 39.9 Å². The average Bonchev–Trinajstić information content (AvgIpc) is 3.01. The van der Waals surface area contributed by atoms with Gasteiger partial charge in [-0.25, -0.2) is 24.1 Å². The Labute approximate surface area is 180 Å². The van der Waals surface area contributed by atoms with Crippen LogP contribution in [-0.2, 0) is 4.74 Å². The molecule has 162 valence electrons. The van der Waals surface area contributed by atoms with Crippen molar-refractivity contribution in [2.45, 2.75) is 33.3 Å². The van der Waals surface area contributed by atoms with E-state index >= 15 is 0 Å². The maximum Gasteiger partial charge on any atom is 0.413 e. The van der Waals surface area contributed by atoms with Crippen molar-refractivity contribution in [3.63, 3.8) is 0 Å². The van der Waals surface area contributed by atoms with Gasteiger partial charge in [-0.1, -0.05) is 17.4 Å². The van der Waals surface area contributed by atoms with Gasteiger partial charge in [0.1, 0.15) is 11.3 Å². The van der Waals surface area contributed by atoms with E-state index in [1.54, 1.807) is 33.8 Å². The quantitative estimate of drug-likeness (QED) is 0.411. The highest BCUT2D eigenvalue weighted by Crippen LogP contribution is 2.34. The minimum absolute atomic E-state index is 0.0184. The van der Waals surface area contributed by atoms with Crippen molar-refractivity contribution in [1.82, 2.24) is 15.0 Å². The van der Waals surface area contributed by atoms with Gasteiger partial charge < -0.3 is 10.1 Å². The number of benzene rings is 1. The summed E-state index contributed by atoms with van der Waals surface area (Å²) in [5, 5.41) is 16.5. The second kappa shape index (κ2) is 8.60. The van der Waals surface area contributed by atoms with Crippen molar-refractivity contribution in [1.29, 1.82) is 0 Å². The summed E-state index contributed by atoms with van der Waals surface area (Å²) in [5.41, 5.74) is 0.0270. The molecule has 0 radical (unpaired) electrons. The lowest BCUT2D eigenvalue weighted by molar-refractivity contribution is -0.384. The molecule has 3 aromatic rings. The minimum Gasteiger partial charge on any atom is -0.444 e. The second-order valence-corrected chi connectivity index (χ2v) is 8.38. The fraction of sp³-hybridized carbons (Fsp3) is 0.263. The van der Waals surface area contributed by atoms with E-state index in [1.807, 2.05) is 0 Å². The number of nitro groups is 1. The number of amides is 1. The Bertz CT molecular complexity index is 1140. The highest BCUT2D eigenvalue weighted by molar-refractivity contribution is 7.19. The Balaban J connectivity index is 1.85. The van der Waals surface area contributed by atoms with Crippen molar-refractivity contribution in [3.05, 3.63) is 52.1 Å². The SMILES string of the molecule is Cc1nc(NC(=O)OC(C)(C)C)sc1-c1nc(Nc2cccc([N+](=O)[O-])c2)ncc1F. The molecule has 2 aromatic heterocycles. The molecular formula is C19H19FN6O4S. The van der Waals surface area contributed by atoms with Gasteiger partial charge in [0.25, 0.3) is 5.69 Å². The van der Waals surface area contributed by atoms with Crippen LogP contribution >= 0.6 is 11.3 Å². The first-order valence-corrected chi connectivity index (χ1v) is 9.85. The number of thiazole rings is 1. The summed E-state index contributed by atoms with van der Waals surface area (Å²) in [6.07, 6.45) is 0.311. The average molecular weight is 446 g/mol. The van der Waals surface area contributed by atoms with Crippen molar-refractivity contribution in [2.75, 3.05) is 10.6 Å². The first-order valence-electron chi connectivity index (χ1n) is 9.03. The summed E-state index contributed by atoms with van der Waals surface area (Å²) in [6.45, 7) is 6.85. The van der Waals surface area contributed by atoms with E-state index in [9.17, 15) is 19.3 Å². The molecule has 0 aliphatic heterocycles. The molecule has 0 saturated heterocycles. The van der Waals surface area contributed by atoms with Crippen LogP contribution in [0.15, 0.2) is 30.5 Å². The predicted molar refractivity (Wildman–Crippen MR) is 114 cm³/mol. The predicted octanol–water partition coefficient (Wildman–Crippen LogP) is 5.05. The first-order chi connectivity index (χ1) is 14.5. The number of carbonyl (C=O) groups is 1. The van der Waals surface area contributed by atoms with Gasteiger partial charge in [-0.05, 0) is 33.8 Å². The molecule has 3 rings (SSSR count). The van der Waals surface area contributed by atoms with Crippen LogP contribution in [0.4, 0.5) is 31.6 Å². The van der Waals surface area contributed by atoms with Crippen LogP contribution in [0.3, 0.4) is 0 Å². The zero-order valence-corrected chi connectivity index (χ0v) is 17.9. The maximum absolute atomic E-state index is 14.5. The van der Waals surface area contributed by atoms with Crippen LogP contribution in [0.5, 0.6) is 0 Å². The number of nitrogens with one attached hydrogen (secondary N) is 2. The van der Waals surface area contributed by atoms with E-state index in [0.29, 0.717) is 16.3 Å². The molecule has 0 unspecified atom stereocenters. The van der Waals surface area contributed by atoms with Gasteiger partial charge in [0.05, 0.1) is 21.7 Å². The summed E-state index contributed by atoms with van der Waals surface area (Å²) in [7, 11) is 0. The lowest BCUT2D eigenvalue weighted by Crippen LogP contribution is -2.27. The van der Waals surface area contributed by atoms with Gasteiger partial charge in [-0.2, -0.15) is 0 Å². The third-order valence-electron chi connectivity index (χ3n) is 3.68. The smallest absolute Gasteiger partial charge is 0.413 e. The molecule has 0 atom stereocenters. The van der Waals surface area contributed by atoms with Gasteiger partial charge in [-0.15, -0.1) is 0 Å². The molecular weight excluding hydrogens is 427 g/mol. The third-order valence-corrected chi connectivity index (χ3v) is 4.76. The molecule has 0 spiro atoms. The minimum atomic E-state index is -0.680. The summed E-state index contributed by atoms with van der Waals surface area (Å²) in [4.78, 5) is 35.1. The largest absolute Gasteiger partial charge is 0.444 e. The van der Waals surface area contributed by atoms with Gasteiger partial charge in [0.15, 0.2) is 10.9 Å². The fourth-order valence-corrected chi connectivity index (χ4v) is 3.42. The zero-order chi connectivity index (χ0) is 22.8. The summed E-state index contributed by atoms with van der Waals surface area (Å²) < 4.78 is 19.7. The highest BCUT2D eigenvalue weighted by Gasteiger charge is 2.21. The number of non-ortho nitro benzene ring substituents is 1. The van der Waals surface area contributed by atoms with Gasteiger partial charge >= 0.3 is 6.09 Å². The molecule has 1 aromatic carbocycles. The van der Waals surface area contributed by atoms with Crippen LogP contribution in [0.25, 0.3) is 10.6 Å². The Morgan fingerprint density at radius 1 is 1.29 bits per heavy atom. The topological polar surface area (TPSA) is 132 Å². The Kier molecular flexibility index (Phi) is 6.11. The fourth-order valence-electron chi connectivity index (χ4n) is 2.47. The summed E-state index contributed by atoms with van der Waals surface area (Å²) in [6, 6.07) is 5.77. The number of hydrogen-bond donors (Lipinski definition) is 2. The van der Waals surface area contributed by atoms with Crippen molar-refractivity contribution in [3.8, 4) is 10.6 Å². The Hall–Kier alpha value is -3.67. The van der Waals surface area contributed by atoms with E-state index in [4.69, 9.17) is 4.74 Å². The molecule has 1 amide bonds. The number of nitrogens with zero attached hydrogens (tertiary/aromatic N) is 4. The highest BCUT2D eigenvalue weighted by atomic mass is 32.1. The number of nitro benzene ring substituents is 1.